The third-order valence-electron chi connectivity index (χ3n) is 2.55. The quantitative estimate of drug-likeness (QED) is 0.805. The first-order chi connectivity index (χ1) is 8.93. The Kier molecular flexibility index (Phi) is 5.95. The molecule has 0 saturated carbocycles. The smallest absolute Gasteiger partial charge is 0.326 e. The Bertz CT molecular complexity index is 443. The molecule has 0 fully saturated rings. The van der Waals surface area contributed by atoms with Gasteiger partial charge in [-0.05, 0) is 25.2 Å². The maximum atomic E-state index is 12.0. The summed E-state index contributed by atoms with van der Waals surface area (Å²) < 4.78 is 0. The number of aliphatic carboxylic acids is 1. The van der Waals surface area contributed by atoms with Crippen molar-refractivity contribution in [1.29, 1.82) is 0 Å². The Hall–Kier alpha value is -1.43. The molecule has 1 aromatic heterocycles. The van der Waals surface area contributed by atoms with Gasteiger partial charge in [-0.2, -0.15) is 0 Å². The molecule has 0 aromatic carbocycles. The zero-order valence-corrected chi connectivity index (χ0v) is 12.3. The van der Waals surface area contributed by atoms with Crippen molar-refractivity contribution in [3.8, 4) is 0 Å². The lowest BCUT2D eigenvalue weighted by atomic mass is 10.0. The van der Waals surface area contributed by atoms with Crippen LogP contribution >= 0.6 is 11.3 Å². The molecule has 5 nitrogen and oxygen atoms in total. The second-order valence-electron chi connectivity index (χ2n) is 4.86. The molecule has 1 aromatic rings. The maximum absolute atomic E-state index is 12.0. The highest BCUT2D eigenvalue weighted by atomic mass is 32.1. The van der Waals surface area contributed by atoms with E-state index in [1.165, 1.54) is 17.5 Å². The van der Waals surface area contributed by atoms with Crippen LogP contribution in [-0.4, -0.2) is 28.0 Å². The number of nitrogens with one attached hydrogen (secondary N) is 1. The molecule has 1 atom stereocenters. The molecule has 0 aliphatic carbocycles. The fourth-order valence-corrected chi connectivity index (χ4v) is 2.59. The van der Waals surface area contributed by atoms with Gasteiger partial charge in [-0.3, -0.25) is 4.79 Å². The molecule has 0 aliphatic heterocycles. The zero-order chi connectivity index (χ0) is 14.4. The summed E-state index contributed by atoms with van der Waals surface area (Å²) in [5.74, 6) is -1.15. The van der Waals surface area contributed by atoms with E-state index in [1.54, 1.807) is 0 Å². The molecule has 0 unspecified atom stereocenters. The van der Waals surface area contributed by atoms with Gasteiger partial charge < -0.3 is 10.4 Å². The van der Waals surface area contributed by atoms with Crippen LogP contribution in [0.25, 0.3) is 0 Å². The Morgan fingerprint density at radius 2 is 2.16 bits per heavy atom. The fourth-order valence-electron chi connectivity index (χ4n) is 1.67. The monoisotopic (exact) mass is 284 g/mol. The number of carbonyl (C=O) groups excluding carboxylic acids is 1. The van der Waals surface area contributed by atoms with Crippen molar-refractivity contribution < 1.29 is 14.7 Å². The van der Waals surface area contributed by atoms with Gasteiger partial charge in [0.25, 0.3) is 5.91 Å². The number of hydrogen-bond donors (Lipinski definition) is 2. The van der Waals surface area contributed by atoms with Crippen molar-refractivity contribution in [2.75, 3.05) is 0 Å². The van der Waals surface area contributed by atoms with Crippen LogP contribution in [0.2, 0.25) is 0 Å². The van der Waals surface area contributed by atoms with Crippen LogP contribution in [0.5, 0.6) is 0 Å². The van der Waals surface area contributed by atoms with Crippen molar-refractivity contribution >= 4 is 23.2 Å². The van der Waals surface area contributed by atoms with Crippen LogP contribution in [0.3, 0.4) is 0 Å². The standard InChI is InChI=1S/C13H20N2O3S/c1-4-5-11-14-7-10(19-11)12(16)15-9(13(17)18)6-8(2)3/h7-9H,4-6H2,1-3H3,(H,15,16)(H,17,18)/t9-/m0/s1. The summed E-state index contributed by atoms with van der Waals surface area (Å²) in [6.45, 7) is 5.90. The number of aryl methyl sites for hydroxylation is 1. The van der Waals surface area contributed by atoms with Crippen molar-refractivity contribution in [3.63, 3.8) is 0 Å². The third kappa shape index (κ3) is 4.98. The Labute approximate surface area is 117 Å². The van der Waals surface area contributed by atoms with E-state index in [0.29, 0.717) is 11.3 Å². The molecule has 2 N–H and O–H groups in total. The van der Waals surface area contributed by atoms with E-state index in [4.69, 9.17) is 5.11 Å². The lowest BCUT2D eigenvalue weighted by Crippen LogP contribution is -2.41. The van der Waals surface area contributed by atoms with E-state index < -0.39 is 12.0 Å². The first kappa shape index (κ1) is 15.6. The largest absolute Gasteiger partial charge is 0.480 e. The van der Waals surface area contributed by atoms with E-state index in [-0.39, 0.29) is 11.8 Å². The molecule has 1 amide bonds. The van der Waals surface area contributed by atoms with Crippen molar-refractivity contribution in [2.24, 2.45) is 5.92 Å². The first-order valence-electron chi connectivity index (χ1n) is 6.42. The van der Waals surface area contributed by atoms with E-state index in [2.05, 4.69) is 10.3 Å². The first-order valence-corrected chi connectivity index (χ1v) is 7.24. The summed E-state index contributed by atoms with van der Waals surface area (Å²) in [6.07, 6.45) is 3.74. The predicted molar refractivity (Wildman–Crippen MR) is 74.5 cm³/mol. The number of thiazole rings is 1. The summed E-state index contributed by atoms with van der Waals surface area (Å²) in [5.41, 5.74) is 0. The van der Waals surface area contributed by atoms with E-state index in [9.17, 15) is 9.59 Å². The van der Waals surface area contributed by atoms with E-state index >= 15 is 0 Å². The topological polar surface area (TPSA) is 79.3 Å². The molecule has 0 saturated heterocycles. The lowest BCUT2D eigenvalue weighted by molar-refractivity contribution is -0.139. The van der Waals surface area contributed by atoms with Gasteiger partial charge in [-0.15, -0.1) is 11.3 Å². The molecular formula is C13H20N2O3S. The fraction of sp³-hybridized carbons (Fsp3) is 0.615. The lowest BCUT2D eigenvalue weighted by Gasteiger charge is -2.15. The van der Waals surface area contributed by atoms with Crippen LogP contribution in [0.15, 0.2) is 6.20 Å². The minimum absolute atomic E-state index is 0.207. The van der Waals surface area contributed by atoms with E-state index in [1.807, 2.05) is 20.8 Å². The van der Waals surface area contributed by atoms with Gasteiger partial charge in [-0.1, -0.05) is 20.8 Å². The highest BCUT2D eigenvalue weighted by Crippen LogP contribution is 2.15. The van der Waals surface area contributed by atoms with Gasteiger partial charge in [0.2, 0.25) is 0 Å². The summed E-state index contributed by atoms with van der Waals surface area (Å²) in [5, 5.41) is 12.5. The number of carboxylic acids is 1. The van der Waals surface area contributed by atoms with Crippen molar-refractivity contribution in [3.05, 3.63) is 16.1 Å². The van der Waals surface area contributed by atoms with Crippen LogP contribution in [0, 0.1) is 5.92 Å². The molecule has 1 rings (SSSR count). The molecule has 0 bridgehead atoms. The maximum Gasteiger partial charge on any atom is 0.326 e. The number of aromatic nitrogens is 1. The van der Waals surface area contributed by atoms with Crippen molar-refractivity contribution in [2.45, 2.75) is 46.1 Å². The summed E-state index contributed by atoms with van der Waals surface area (Å²) >= 11 is 1.32. The number of rotatable bonds is 7. The Balaban J connectivity index is 2.67. The molecule has 6 heteroatoms. The molecule has 0 spiro atoms. The number of amides is 1. The third-order valence-corrected chi connectivity index (χ3v) is 3.61. The normalized spacial score (nSPS) is 12.4. The highest BCUT2D eigenvalue weighted by molar-refractivity contribution is 7.13. The van der Waals surface area contributed by atoms with Crippen LogP contribution in [-0.2, 0) is 11.2 Å². The summed E-state index contributed by atoms with van der Waals surface area (Å²) in [4.78, 5) is 27.7. The minimum atomic E-state index is -1.000. The van der Waals surface area contributed by atoms with Gasteiger partial charge in [0.1, 0.15) is 10.9 Å². The number of hydrogen-bond acceptors (Lipinski definition) is 4. The van der Waals surface area contributed by atoms with E-state index in [0.717, 1.165) is 17.8 Å². The van der Waals surface area contributed by atoms with Crippen molar-refractivity contribution in [1.82, 2.24) is 10.3 Å². The second kappa shape index (κ2) is 7.23. The Morgan fingerprint density at radius 3 is 2.68 bits per heavy atom. The molecule has 1 heterocycles. The SMILES string of the molecule is CCCc1ncc(C(=O)N[C@@H](CC(C)C)C(=O)O)s1. The average molecular weight is 284 g/mol. The average Bonchev–Trinajstić information content (AvgIpc) is 2.76. The molecule has 0 radical (unpaired) electrons. The number of nitrogens with zero attached hydrogens (tertiary/aromatic N) is 1. The second-order valence-corrected chi connectivity index (χ2v) is 5.98. The van der Waals surface area contributed by atoms with Crippen LogP contribution in [0.4, 0.5) is 0 Å². The van der Waals surface area contributed by atoms with Crippen LogP contribution < -0.4 is 5.32 Å². The summed E-state index contributed by atoms with van der Waals surface area (Å²) in [7, 11) is 0. The highest BCUT2D eigenvalue weighted by Gasteiger charge is 2.22. The molecule has 19 heavy (non-hydrogen) atoms. The Morgan fingerprint density at radius 1 is 1.47 bits per heavy atom. The van der Waals surface area contributed by atoms with Crippen LogP contribution in [0.1, 0.15) is 48.3 Å². The number of carboxylic acid groups (broad SMARTS) is 1. The molecule has 106 valence electrons. The molecule has 0 aliphatic rings. The van der Waals surface area contributed by atoms with Gasteiger partial charge in [0, 0.05) is 0 Å². The number of carbonyl (C=O) groups is 2. The van der Waals surface area contributed by atoms with Gasteiger partial charge in [0.05, 0.1) is 11.2 Å². The minimum Gasteiger partial charge on any atom is -0.480 e. The molecular weight excluding hydrogens is 264 g/mol. The summed E-state index contributed by atoms with van der Waals surface area (Å²) in [6, 6.07) is -0.843. The van der Waals surface area contributed by atoms with Gasteiger partial charge >= 0.3 is 5.97 Å². The van der Waals surface area contributed by atoms with Gasteiger partial charge in [-0.25, -0.2) is 9.78 Å². The zero-order valence-electron chi connectivity index (χ0n) is 11.5. The van der Waals surface area contributed by atoms with Gasteiger partial charge in [0.15, 0.2) is 0 Å². The predicted octanol–water partition coefficient (Wildman–Crippen LogP) is 2.32.